The smallest absolute Gasteiger partial charge is 0.134 e. The van der Waals surface area contributed by atoms with Gasteiger partial charge in [0.2, 0.25) is 0 Å². The summed E-state index contributed by atoms with van der Waals surface area (Å²) in [6.07, 6.45) is 0. The van der Waals surface area contributed by atoms with E-state index in [1.807, 2.05) is 0 Å². The minimum atomic E-state index is -1.61. The molecule has 0 heterocycles. The fraction of sp³-hybridized carbons (Fsp3) is 0. The van der Waals surface area contributed by atoms with Gasteiger partial charge in [-0.05, 0) is 0 Å². The molecule has 0 aliphatic heterocycles. The third-order valence-electron chi connectivity index (χ3n) is 0. The molecule has 4 radical (unpaired) electrons. The van der Waals surface area contributed by atoms with Crippen molar-refractivity contribution in [2.45, 2.75) is 0 Å². The molecule has 0 aromatic carbocycles. The van der Waals surface area contributed by atoms with E-state index in [9.17, 15) is 0 Å². The zero-order chi connectivity index (χ0) is 14.3. The second-order valence-corrected chi connectivity index (χ2v) is 2.18. The third-order valence-corrected chi connectivity index (χ3v) is 0. The Morgan fingerprint density at radius 1 is 0.529 bits per heavy atom. The van der Waals surface area contributed by atoms with E-state index in [4.69, 9.17) is 39.6 Å². The van der Waals surface area contributed by atoms with Gasteiger partial charge in [-0.3, -0.25) is 0 Å². The maximum Gasteiger partial charge on any atom is 0.134 e. The largest absolute Gasteiger partial charge is 0.534 e. The molecular weight excluding hydrogens is 525 g/mol. The molecule has 0 rings (SSSR count). The second-order valence-electron chi connectivity index (χ2n) is 0.951. The zero-order valence-corrected chi connectivity index (χ0v) is 14.2. The van der Waals surface area contributed by atoms with Crippen LogP contribution in [0.2, 0.25) is 0 Å². The summed E-state index contributed by atoms with van der Waals surface area (Å²) in [6, 6.07) is 0. The van der Waals surface area contributed by atoms with E-state index >= 15 is 0 Å². The normalized spacial score (nSPS) is 5.88. The van der Waals surface area contributed by atoms with Crippen LogP contribution in [0.3, 0.4) is 0 Å². The molecule has 0 saturated heterocycles. The molecule has 13 heteroatoms. The van der Waals surface area contributed by atoms with Gasteiger partial charge in [-0.25, -0.2) is 0 Å². The summed E-state index contributed by atoms with van der Waals surface area (Å²) in [5, 5.41) is 34.6. The topological polar surface area (TPSA) is 161 Å². The summed E-state index contributed by atoms with van der Waals surface area (Å²) >= 11 is 16.3. The first-order valence-electron chi connectivity index (χ1n) is 2.39. The fourth-order valence-electron chi connectivity index (χ4n) is 0. The van der Waals surface area contributed by atoms with E-state index in [0.717, 1.165) is 0 Å². The molecule has 100 valence electrons. The number of hydrogen-bond donors (Lipinski definition) is 0. The molecule has 0 atom stereocenters. The number of rotatable bonds is 0. The minimum absolute atomic E-state index is 0. The quantitative estimate of drug-likeness (QED) is 0.257. The number of carbonyl (C=O) groups is 4. The summed E-state index contributed by atoms with van der Waals surface area (Å²) in [4.78, 5) is 34.6. The maximum atomic E-state index is 8.65. The van der Waals surface area contributed by atoms with Crippen molar-refractivity contribution in [3.05, 3.63) is 0 Å². The first-order valence-corrected chi connectivity index (χ1v) is 3.90. The van der Waals surface area contributed by atoms with Gasteiger partial charge in [0.05, 0.1) is 0 Å². The van der Waals surface area contributed by atoms with Gasteiger partial charge < -0.3 is 39.6 Å². The maximum absolute atomic E-state index is 8.65. The number of hydrogen-bond acceptors (Lipinski definition) is 8. The molecule has 0 spiro atoms. The van der Waals surface area contributed by atoms with Crippen molar-refractivity contribution in [2.24, 2.45) is 0 Å². The van der Waals surface area contributed by atoms with Crippen molar-refractivity contribution in [3.63, 3.8) is 0 Å². The Balaban J connectivity index is -0.0000000369. The number of halogens is 4. The van der Waals surface area contributed by atoms with Crippen molar-refractivity contribution in [1.82, 2.24) is 0 Å². The SMILES string of the molecule is O=C([O-])Cl.O=C([O-])Cl.O=C([O-])Cl.O=C([O-])Cl.[Pb]. The first-order chi connectivity index (χ1) is 6.93. The molecule has 0 unspecified atom stereocenters. The molecule has 8 nitrogen and oxygen atoms in total. The molecule has 0 bridgehead atoms. The van der Waals surface area contributed by atoms with Crippen molar-refractivity contribution in [2.75, 3.05) is 0 Å². The van der Waals surface area contributed by atoms with Gasteiger partial charge in [0, 0.05) is 27.3 Å². The summed E-state index contributed by atoms with van der Waals surface area (Å²) in [6.45, 7) is 0. The van der Waals surface area contributed by atoms with Crippen LogP contribution in [-0.2, 0) is 0 Å². The summed E-state index contributed by atoms with van der Waals surface area (Å²) in [7, 11) is 0. The standard InChI is InChI=1S/4CHClO2.Pb/c4*2-1(3)4;/h4*(H,3,4);/p-4. The Morgan fingerprint density at radius 2 is 0.529 bits per heavy atom. The minimum Gasteiger partial charge on any atom is -0.534 e. The summed E-state index contributed by atoms with van der Waals surface area (Å²) in [5.74, 6) is 0. The predicted molar refractivity (Wildman–Crippen MR) is 50.8 cm³/mol. The molecule has 0 aliphatic rings. The van der Waals surface area contributed by atoms with Crippen LogP contribution in [0.25, 0.3) is 0 Å². The Morgan fingerprint density at radius 3 is 0.529 bits per heavy atom. The van der Waals surface area contributed by atoms with Crippen LogP contribution in [-0.4, -0.2) is 49.0 Å². The van der Waals surface area contributed by atoms with Crippen LogP contribution >= 0.6 is 46.4 Å². The molecule has 0 fully saturated rings. The molecule has 0 aliphatic carbocycles. The molecule has 0 amide bonds. The van der Waals surface area contributed by atoms with Gasteiger partial charge in [-0.2, -0.15) is 0 Å². The van der Waals surface area contributed by atoms with Gasteiger partial charge in [0.1, 0.15) is 21.7 Å². The molecule has 0 N–H and O–H groups in total. The van der Waals surface area contributed by atoms with Crippen LogP contribution in [0.4, 0.5) is 19.2 Å². The van der Waals surface area contributed by atoms with Crippen molar-refractivity contribution in [1.29, 1.82) is 0 Å². The Kier molecular flexibility index (Phi) is 44.4. The Bertz CT molecular complexity index is 170. The van der Waals surface area contributed by atoms with Crippen molar-refractivity contribution in [3.8, 4) is 0 Å². The van der Waals surface area contributed by atoms with Crippen LogP contribution in [0.5, 0.6) is 0 Å². The Hall–Kier alpha value is -0.0379. The van der Waals surface area contributed by atoms with Gasteiger partial charge in [-0.1, -0.05) is 46.4 Å². The van der Waals surface area contributed by atoms with E-state index < -0.39 is 21.7 Å². The van der Waals surface area contributed by atoms with Crippen LogP contribution in [0.1, 0.15) is 0 Å². The average molecular weight is 525 g/mol. The zero-order valence-electron chi connectivity index (χ0n) is 7.28. The van der Waals surface area contributed by atoms with Crippen molar-refractivity contribution >= 4 is 95.4 Å². The molecule has 0 aromatic rings. The second kappa shape index (κ2) is 25.0. The first kappa shape index (κ1) is 30.2. The van der Waals surface area contributed by atoms with Gasteiger partial charge >= 0.3 is 0 Å². The molecular formula is C4Cl4O8Pb-4. The summed E-state index contributed by atoms with van der Waals surface area (Å²) < 4.78 is 0. The monoisotopic (exact) mass is 524 g/mol. The number of carboxylic acid groups (broad SMARTS) is 4. The Labute approximate surface area is 134 Å². The van der Waals surface area contributed by atoms with Crippen molar-refractivity contribution < 1.29 is 39.6 Å². The molecule has 0 saturated carbocycles. The van der Waals surface area contributed by atoms with Crippen LogP contribution in [0.15, 0.2) is 0 Å². The van der Waals surface area contributed by atoms with Crippen LogP contribution in [0, 0.1) is 0 Å². The van der Waals surface area contributed by atoms with Crippen LogP contribution < -0.4 is 20.4 Å². The third kappa shape index (κ3) is 2160000. The van der Waals surface area contributed by atoms with Gasteiger partial charge in [-0.15, -0.1) is 0 Å². The van der Waals surface area contributed by atoms with E-state index in [2.05, 4.69) is 46.4 Å². The van der Waals surface area contributed by atoms with E-state index in [0.29, 0.717) is 0 Å². The van der Waals surface area contributed by atoms with E-state index in [-0.39, 0.29) is 27.3 Å². The van der Waals surface area contributed by atoms with Gasteiger partial charge in [0.15, 0.2) is 0 Å². The molecule has 17 heavy (non-hydrogen) atoms. The van der Waals surface area contributed by atoms with Gasteiger partial charge in [0.25, 0.3) is 0 Å². The fourth-order valence-corrected chi connectivity index (χ4v) is 0. The number of carbonyl (C=O) groups excluding carboxylic acids is 4. The summed E-state index contributed by atoms with van der Waals surface area (Å²) in [5.41, 5.74) is -6.44. The average Bonchev–Trinajstić information content (AvgIpc) is 1.76. The molecule has 0 aromatic heterocycles. The predicted octanol–water partition coefficient (Wildman–Crippen LogP) is -2.11. The van der Waals surface area contributed by atoms with E-state index in [1.54, 1.807) is 0 Å². The van der Waals surface area contributed by atoms with E-state index in [1.165, 1.54) is 0 Å².